The molecule has 3 aromatic rings. The van der Waals surface area contributed by atoms with Crippen molar-refractivity contribution in [3.63, 3.8) is 0 Å². The first-order valence-corrected chi connectivity index (χ1v) is 8.03. The third-order valence-corrected chi connectivity index (χ3v) is 3.80. The molecule has 0 aliphatic heterocycles. The Balaban J connectivity index is 1.77. The number of benzene rings is 1. The maximum atomic E-state index is 9.30. The van der Waals surface area contributed by atoms with Gasteiger partial charge in [-0.15, -0.1) is 0 Å². The summed E-state index contributed by atoms with van der Waals surface area (Å²) in [5.41, 5.74) is 5.14. The molecule has 2 heterocycles. The lowest BCUT2D eigenvalue weighted by molar-refractivity contribution is 0.269. The van der Waals surface area contributed by atoms with Gasteiger partial charge < -0.3 is 14.9 Å². The van der Waals surface area contributed by atoms with E-state index in [2.05, 4.69) is 9.97 Å². The van der Waals surface area contributed by atoms with E-state index in [1.165, 1.54) is 0 Å². The average Bonchev–Trinajstić information content (AvgIpc) is 2.66. The molecule has 0 saturated carbocycles. The first-order valence-electron chi connectivity index (χ1n) is 8.03. The van der Waals surface area contributed by atoms with Gasteiger partial charge in [-0.2, -0.15) is 0 Å². The largest absolute Gasteiger partial charge is 0.489 e. The lowest BCUT2D eigenvalue weighted by Crippen LogP contribution is -1.99. The zero-order valence-corrected chi connectivity index (χ0v) is 14.0. The van der Waals surface area contributed by atoms with E-state index >= 15 is 0 Å². The minimum atomic E-state index is -0.0946. The Bertz CT molecular complexity index is 843. The second-order valence-corrected chi connectivity index (χ2v) is 5.86. The third-order valence-electron chi connectivity index (χ3n) is 3.80. The monoisotopic (exact) mass is 336 g/mol. The Morgan fingerprint density at radius 2 is 1.44 bits per heavy atom. The van der Waals surface area contributed by atoms with Crippen molar-refractivity contribution >= 4 is 0 Å². The summed E-state index contributed by atoms with van der Waals surface area (Å²) in [4.78, 5) is 8.73. The van der Waals surface area contributed by atoms with Crippen LogP contribution in [-0.2, 0) is 19.8 Å². The second kappa shape index (κ2) is 7.88. The van der Waals surface area contributed by atoms with Crippen LogP contribution in [0.25, 0.3) is 11.4 Å². The van der Waals surface area contributed by atoms with Crippen molar-refractivity contribution in [1.29, 1.82) is 0 Å². The molecule has 0 aliphatic carbocycles. The molecule has 2 N–H and O–H groups in total. The Labute approximate surface area is 146 Å². The van der Waals surface area contributed by atoms with E-state index in [0.29, 0.717) is 23.5 Å². The fourth-order valence-corrected chi connectivity index (χ4v) is 2.54. The maximum absolute atomic E-state index is 9.30. The van der Waals surface area contributed by atoms with Gasteiger partial charge in [0.1, 0.15) is 12.4 Å². The zero-order chi connectivity index (χ0) is 17.6. The van der Waals surface area contributed by atoms with Crippen molar-refractivity contribution in [2.75, 3.05) is 0 Å². The van der Waals surface area contributed by atoms with Gasteiger partial charge in [-0.05, 0) is 65.6 Å². The maximum Gasteiger partial charge on any atom is 0.120 e. The molecule has 0 unspecified atom stereocenters. The van der Waals surface area contributed by atoms with E-state index in [1.54, 1.807) is 30.6 Å². The fraction of sp³-hybridized carbons (Fsp3) is 0.200. The lowest BCUT2D eigenvalue weighted by atomic mass is 10.1. The first-order chi connectivity index (χ1) is 12.2. The van der Waals surface area contributed by atoms with Crippen molar-refractivity contribution in [2.45, 2.75) is 26.7 Å². The number of aryl methyl sites for hydroxylation is 1. The predicted octanol–water partition coefficient (Wildman–Crippen LogP) is 3.02. The molecule has 25 heavy (non-hydrogen) atoms. The quantitative estimate of drug-likeness (QED) is 0.724. The van der Waals surface area contributed by atoms with Crippen LogP contribution in [-0.4, -0.2) is 20.2 Å². The summed E-state index contributed by atoms with van der Waals surface area (Å²) >= 11 is 0. The molecule has 128 valence electrons. The summed E-state index contributed by atoms with van der Waals surface area (Å²) in [7, 11) is 0. The van der Waals surface area contributed by atoms with E-state index in [4.69, 9.17) is 4.74 Å². The van der Waals surface area contributed by atoms with Gasteiger partial charge in [-0.3, -0.25) is 9.97 Å². The highest BCUT2D eigenvalue weighted by atomic mass is 16.5. The first kappa shape index (κ1) is 17.1. The van der Waals surface area contributed by atoms with Crippen molar-refractivity contribution in [1.82, 2.24) is 9.97 Å². The molecule has 0 amide bonds. The number of rotatable bonds is 6. The SMILES string of the molecule is Cc1ccnc(-c2cc(COc3cc(CO)cc(CO)c3)ccn2)c1. The van der Waals surface area contributed by atoms with Crippen molar-refractivity contribution < 1.29 is 14.9 Å². The van der Waals surface area contributed by atoms with E-state index < -0.39 is 0 Å². The minimum Gasteiger partial charge on any atom is -0.489 e. The Morgan fingerprint density at radius 1 is 0.800 bits per heavy atom. The van der Waals surface area contributed by atoms with Crippen LogP contribution >= 0.6 is 0 Å². The van der Waals surface area contributed by atoms with E-state index in [0.717, 1.165) is 22.5 Å². The van der Waals surface area contributed by atoms with Gasteiger partial charge in [0.25, 0.3) is 0 Å². The molecule has 0 fully saturated rings. The predicted molar refractivity (Wildman–Crippen MR) is 94.8 cm³/mol. The van der Waals surface area contributed by atoms with Crippen LogP contribution in [0.4, 0.5) is 0 Å². The fourth-order valence-electron chi connectivity index (χ4n) is 2.54. The molecular weight excluding hydrogens is 316 g/mol. The molecule has 0 saturated heterocycles. The summed E-state index contributed by atoms with van der Waals surface area (Å²) in [6.45, 7) is 2.19. The number of nitrogens with zero attached hydrogens (tertiary/aromatic N) is 2. The van der Waals surface area contributed by atoms with Crippen LogP contribution in [0, 0.1) is 6.92 Å². The summed E-state index contributed by atoms with van der Waals surface area (Å²) < 4.78 is 5.82. The van der Waals surface area contributed by atoms with Gasteiger partial charge in [0.15, 0.2) is 0 Å². The third kappa shape index (κ3) is 4.41. The van der Waals surface area contributed by atoms with Crippen LogP contribution < -0.4 is 4.74 Å². The average molecular weight is 336 g/mol. The highest BCUT2D eigenvalue weighted by molar-refractivity contribution is 5.55. The molecule has 0 atom stereocenters. The van der Waals surface area contributed by atoms with E-state index in [9.17, 15) is 10.2 Å². The Kier molecular flexibility index (Phi) is 5.38. The minimum absolute atomic E-state index is 0.0946. The van der Waals surface area contributed by atoms with Crippen LogP contribution in [0.15, 0.2) is 54.9 Å². The van der Waals surface area contributed by atoms with Crippen molar-refractivity contribution in [3.05, 3.63) is 77.1 Å². The van der Waals surface area contributed by atoms with Gasteiger partial charge in [0, 0.05) is 12.4 Å². The summed E-state index contributed by atoms with van der Waals surface area (Å²) in [6, 6.07) is 13.1. The molecule has 2 aromatic heterocycles. The highest BCUT2D eigenvalue weighted by Crippen LogP contribution is 2.21. The van der Waals surface area contributed by atoms with Crippen molar-refractivity contribution in [3.8, 4) is 17.1 Å². The second-order valence-electron chi connectivity index (χ2n) is 5.86. The van der Waals surface area contributed by atoms with Gasteiger partial charge in [0.2, 0.25) is 0 Å². The standard InChI is InChI=1S/C20H20N2O3/c1-14-2-4-21-19(6-14)20-10-15(3-5-22-20)13-25-18-8-16(11-23)7-17(9-18)12-24/h2-10,23-24H,11-13H2,1H3. The lowest BCUT2D eigenvalue weighted by Gasteiger charge is -2.10. The van der Waals surface area contributed by atoms with E-state index in [1.807, 2.05) is 31.2 Å². The van der Waals surface area contributed by atoms with Crippen LogP contribution in [0.2, 0.25) is 0 Å². The van der Waals surface area contributed by atoms with Gasteiger partial charge >= 0.3 is 0 Å². The number of ether oxygens (including phenoxy) is 1. The molecule has 5 nitrogen and oxygen atoms in total. The number of pyridine rings is 2. The summed E-state index contributed by atoms with van der Waals surface area (Å²) in [5, 5.41) is 18.6. The Hall–Kier alpha value is -2.76. The highest BCUT2D eigenvalue weighted by Gasteiger charge is 2.05. The number of aliphatic hydroxyl groups is 2. The molecule has 3 rings (SSSR count). The normalized spacial score (nSPS) is 10.7. The molecule has 0 spiro atoms. The van der Waals surface area contributed by atoms with E-state index in [-0.39, 0.29) is 13.2 Å². The molecule has 0 bridgehead atoms. The molecule has 0 aliphatic rings. The molecule has 0 radical (unpaired) electrons. The number of aliphatic hydroxyl groups excluding tert-OH is 2. The smallest absolute Gasteiger partial charge is 0.120 e. The molecule has 1 aromatic carbocycles. The number of aromatic nitrogens is 2. The summed E-state index contributed by atoms with van der Waals surface area (Å²) in [5.74, 6) is 0.614. The topological polar surface area (TPSA) is 75.5 Å². The van der Waals surface area contributed by atoms with Crippen LogP contribution in [0.3, 0.4) is 0 Å². The van der Waals surface area contributed by atoms with Gasteiger partial charge in [0.05, 0.1) is 24.6 Å². The molecule has 5 heteroatoms. The van der Waals surface area contributed by atoms with Crippen molar-refractivity contribution in [2.24, 2.45) is 0 Å². The Morgan fingerprint density at radius 3 is 2.08 bits per heavy atom. The number of hydrogen-bond donors (Lipinski definition) is 2. The van der Waals surface area contributed by atoms with Gasteiger partial charge in [-0.25, -0.2) is 0 Å². The van der Waals surface area contributed by atoms with Crippen LogP contribution in [0.5, 0.6) is 5.75 Å². The van der Waals surface area contributed by atoms with Crippen LogP contribution in [0.1, 0.15) is 22.3 Å². The van der Waals surface area contributed by atoms with Gasteiger partial charge in [-0.1, -0.05) is 6.07 Å². The number of hydrogen-bond acceptors (Lipinski definition) is 5. The zero-order valence-electron chi connectivity index (χ0n) is 14.0. The summed E-state index contributed by atoms with van der Waals surface area (Å²) in [6.07, 6.45) is 3.51. The molecular formula is C20H20N2O3.